The Labute approximate surface area is 175 Å². The Morgan fingerprint density at radius 3 is 2.48 bits per heavy atom. The van der Waals surface area contributed by atoms with Crippen molar-refractivity contribution in [1.82, 2.24) is 16.0 Å². The number of rotatable bonds is 6. The topological polar surface area (TPSA) is 78.0 Å². The molecule has 2 rings (SSSR count). The molecule has 1 heterocycles. The molecule has 1 saturated heterocycles. The summed E-state index contributed by atoms with van der Waals surface area (Å²) in [4.78, 5) is 18.8. The van der Waals surface area contributed by atoms with Gasteiger partial charge in [-0.3, -0.25) is 4.99 Å². The second-order valence-electron chi connectivity index (χ2n) is 9.25. The van der Waals surface area contributed by atoms with Crippen LogP contribution in [0.1, 0.15) is 41.0 Å². The largest absolute Gasteiger partial charge is 0.444 e. The summed E-state index contributed by atoms with van der Waals surface area (Å²) in [6.45, 7) is 13.0. The van der Waals surface area contributed by atoms with E-state index in [1.807, 2.05) is 40.7 Å². The van der Waals surface area contributed by atoms with Crippen LogP contribution in [0.4, 0.5) is 10.5 Å². The number of hydrogen-bond acceptors (Lipinski definition) is 4. The molecule has 3 N–H and O–H groups in total. The third kappa shape index (κ3) is 8.21. The van der Waals surface area contributed by atoms with Gasteiger partial charge >= 0.3 is 6.09 Å². The summed E-state index contributed by atoms with van der Waals surface area (Å²) < 4.78 is 5.34. The van der Waals surface area contributed by atoms with Gasteiger partial charge in [-0.1, -0.05) is 18.2 Å². The highest BCUT2D eigenvalue weighted by Gasteiger charge is 2.26. The maximum atomic E-state index is 12.0. The molecule has 1 atom stereocenters. The molecule has 1 fully saturated rings. The number of carbonyl (C=O) groups excluding carboxylic acids is 1. The Balaban J connectivity index is 1.74. The van der Waals surface area contributed by atoms with Gasteiger partial charge in [0.05, 0.1) is 5.54 Å². The maximum Gasteiger partial charge on any atom is 0.408 e. The number of aliphatic imine (C=N–C) groups is 1. The lowest BCUT2D eigenvalue weighted by Gasteiger charge is -2.29. The molecule has 7 heteroatoms. The van der Waals surface area contributed by atoms with Crippen LogP contribution in [0, 0.1) is 5.92 Å². The first-order valence-corrected chi connectivity index (χ1v) is 10.3. The van der Waals surface area contributed by atoms with E-state index in [2.05, 4.69) is 50.1 Å². The minimum atomic E-state index is -0.514. The summed E-state index contributed by atoms with van der Waals surface area (Å²) >= 11 is 0. The molecule has 7 nitrogen and oxygen atoms in total. The molecule has 0 bridgehead atoms. The summed E-state index contributed by atoms with van der Waals surface area (Å²) in [7, 11) is 1.76. The number of nitrogens with one attached hydrogen (secondary N) is 3. The van der Waals surface area contributed by atoms with E-state index in [1.165, 1.54) is 5.69 Å². The normalized spacial score (nSPS) is 17.8. The van der Waals surface area contributed by atoms with E-state index in [4.69, 9.17) is 4.74 Å². The lowest BCUT2D eigenvalue weighted by molar-refractivity contribution is 0.0474. The van der Waals surface area contributed by atoms with E-state index in [1.54, 1.807) is 7.05 Å². The van der Waals surface area contributed by atoms with Crippen molar-refractivity contribution in [3.05, 3.63) is 30.3 Å². The molecule has 29 heavy (non-hydrogen) atoms. The molecule has 1 aliphatic rings. The van der Waals surface area contributed by atoms with Crippen LogP contribution in [0.5, 0.6) is 0 Å². The third-order valence-corrected chi connectivity index (χ3v) is 4.73. The van der Waals surface area contributed by atoms with Crippen LogP contribution in [-0.4, -0.2) is 56.4 Å². The first-order chi connectivity index (χ1) is 13.6. The van der Waals surface area contributed by atoms with E-state index >= 15 is 0 Å². The van der Waals surface area contributed by atoms with Gasteiger partial charge in [0, 0.05) is 38.9 Å². The Bertz CT molecular complexity index is 682. The minimum Gasteiger partial charge on any atom is -0.444 e. The number of ether oxygens (including phenoxy) is 1. The molecule has 1 aliphatic heterocycles. The quantitative estimate of drug-likeness (QED) is 0.503. The van der Waals surface area contributed by atoms with Crippen molar-refractivity contribution in [2.75, 3.05) is 38.1 Å². The number of guanidine groups is 1. The van der Waals surface area contributed by atoms with Gasteiger partial charge in [-0.15, -0.1) is 0 Å². The summed E-state index contributed by atoms with van der Waals surface area (Å²) in [6, 6.07) is 10.5. The highest BCUT2D eigenvalue weighted by molar-refractivity contribution is 5.79. The van der Waals surface area contributed by atoms with Gasteiger partial charge in [-0.25, -0.2) is 4.79 Å². The van der Waals surface area contributed by atoms with E-state index < -0.39 is 17.2 Å². The van der Waals surface area contributed by atoms with Crippen molar-refractivity contribution in [3.63, 3.8) is 0 Å². The van der Waals surface area contributed by atoms with Crippen molar-refractivity contribution in [1.29, 1.82) is 0 Å². The smallest absolute Gasteiger partial charge is 0.408 e. The molecule has 0 spiro atoms. The molecule has 0 aromatic heterocycles. The lowest BCUT2D eigenvalue weighted by Crippen LogP contribution is -2.54. The second kappa shape index (κ2) is 9.85. The van der Waals surface area contributed by atoms with E-state index in [0.29, 0.717) is 12.5 Å². The summed E-state index contributed by atoms with van der Waals surface area (Å²) in [5.74, 6) is 1.31. The molecule has 0 radical (unpaired) electrons. The molecule has 0 aliphatic carbocycles. The number of hydrogen-bond donors (Lipinski definition) is 3. The van der Waals surface area contributed by atoms with E-state index in [0.717, 1.165) is 32.0 Å². The number of nitrogens with zero attached hydrogens (tertiary/aromatic N) is 2. The number of alkyl carbamates (subject to hydrolysis) is 1. The van der Waals surface area contributed by atoms with Crippen LogP contribution in [0.25, 0.3) is 0 Å². The Morgan fingerprint density at radius 2 is 1.86 bits per heavy atom. The molecule has 1 unspecified atom stereocenters. The van der Waals surface area contributed by atoms with Gasteiger partial charge in [0.2, 0.25) is 0 Å². The Kier molecular flexibility index (Phi) is 7.76. The monoisotopic (exact) mass is 403 g/mol. The summed E-state index contributed by atoms with van der Waals surface area (Å²) in [5.41, 5.74) is 0.296. The fourth-order valence-electron chi connectivity index (χ4n) is 3.26. The molecule has 162 valence electrons. The molecular formula is C22H37N5O2. The fourth-order valence-corrected chi connectivity index (χ4v) is 3.26. The van der Waals surface area contributed by atoms with Gasteiger partial charge in [0.25, 0.3) is 0 Å². The van der Waals surface area contributed by atoms with Crippen molar-refractivity contribution in [2.45, 2.75) is 52.2 Å². The van der Waals surface area contributed by atoms with Crippen molar-refractivity contribution in [3.8, 4) is 0 Å². The molecule has 1 aromatic rings. The lowest BCUT2D eigenvalue weighted by atomic mass is 10.1. The van der Waals surface area contributed by atoms with Crippen LogP contribution in [0.2, 0.25) is 0 Å². The maximum absolute atomic E-state index is 12.0. The van der Waals surface area contributed by atoms with Gasteiger partial charge in [-0.05, 0) is 59.1 Å². The van der Waals surface area contributed by atoms with Crippen molar-refractivity contribution in [2.24, 2.45) is 10.9 Å². The average Bonchev–Trinajstić information content (AvgIpc) is 3.09. The SMILES string of the molecule is CN=C(NCC1CCN(c2ccccc2)C1)NCC(C)(C)NC(=O)OC(C)(C)C. The number of para-hydroxylation sites is 1. The molecule has 1 amide bonds. The molecule has 0 saturated carbocycles. The predicted octanol–water partition coefficient (Wildman–Crippen LogP) is 2.98. The number of anilines is 1. The fraction of sp³-hybridized carbons (Fsp3) is 0.636. The zero-order chi connectivity index (χ0) is 21.5. The van der Waals surface area contributed by atoms with Crippen LogP contribution in [0.3, 0.4) is 0 Å². The minimum absolute atomic E-state index is 0.417. The zero-order valence-electron chi connectivity index (χ0n) is 18.7. The standard InChI is InChI=1S/C22H37N5O2/c1-21(2,3)29-20(28)26-22(4,5)16-25-19(23-6)24-14-17-12-13-27(15-17)18-10-8-7-9-11-18/h7-11,17H,12-16H2,1-6H3,(H,26,28)(H2,23,24,25). The Hall–Kier alpha value is -2.44. The summed E-state index contributed by atoms with van der Waals surface area (Å²) in [5, 5.41) is 9.62. The molecule has 1 aromatic carbocycles. The van der Waals surface area contributed by atoms with Gasteiger partial charge < -0.3 is 25.6 Å². The van der Waals surface area contributed by atoms with Crippen LogP contribution < -0.4 is 20.9 Å². The highest BCUT2D eigenvalue weighted by atomic mass is 16.6. The Morgan fingerprint density at radius 1 is 1.17 bits per heavy atom. The van der Waals surface area contributed by atoms with Gasteiger partial charge in [0.15, 0.2) is 5.96 Å². The van der Waals surface area contributed by atoms with Crippen molar-refractivity contribution >= 4 is 17.7 Å². The van der Waals surface area contributed by atoms with Gasteiger partial charge in [0.1, 0.15) is 5.60 Å². The first-order valence-electron chi connectivity index (χ1n) is 10.3. The number of amides is 1. The summed E-state index contributed by atoms with van der Waals surface area (Å²) in [6.07, 6.45) is 0.740. The van der Waals surface area contributed by atoms with Crippen LogP contribution in [0.15, 0.2) is 35.3 Å². The van der Waals surface area contributed by atoms with Crippen molar-refractivity contribution < 1.29 is 9.53 Å². The van der Waals surface area contributed by atoms with Crippen LogP contribution >= 0.6 is 0 Å². The number of benzene rings is 1. The van der Waals surface area contributed by atoms with Crippen LogP contribution in [-0.2, 0) is 4.74 Å². The predicted molar refractivity (Wildman–Crippen MR) is 120 cm³/mol. The average molecular weight is 404 g/mol. The number of carbonyl (C=O) groups is 1. The zero-order valence-corrected chi connectivity index (χ0v) is 18.7. The van der Waals surface area contributed by atoms with E-state index in [-0.39, 0.29) is 0 Å². The highest BCUT2D eigenvalue weighted by Crippen LogP contribution is 2.22. The third-order valence-electron chi connectivity index (χ3n) is 4.73. The van der Waals surface area contributed by atoms with E-state index in [9.17, 15) is 4.79 Å². The first kappa shape index (κ1) is 22.8. The van der Waals surface area contributed by atoms with Gasteiger partial charge in [-0.2, -0.15) is 0 Å². The second-order valence-corrected chi connectivity index (χ2v) is 9.25. The molecular weight excluding hydrogens is 366 g/mol.